The lowest BCUT2D eigenvalue weighted by atomic mass is 9.86. The van der Waals surface area contributed by atoms with Crippen LogP contribution in [0.25, 0.3) is 0 Å². The van der Waals surface area contributed by atoms with Crippen LogP contribution in [0.1, 0.15) is 52.9 Å². The highest BCUT2D eigenvalue weighted by molar-refractivity contribution is 5.68. The van der Waals surface area contributed by atoms with Crippen molar-refractivity contribution in [2.24, 2.45) is 0 Å². The second-order valence-electron chi connectivity index (χ2n) is 7.07. The summed E-state index contributed by atoms with van der Waals surface area (Å²) in [6.07, 6.45) is 5.64. The molecule has 1 aliphatic carbocycles. The summed E-state index contributed by atoms with van der Waals surface area (Å²) in [5.74, 6) is 0. The van der Waals surface area contributed by atoms with Crippen molar-refractivity contribution in [2.45, 2.75) is 76.6 Å². The minimum Gasteiger partial charge on any atom is -0.444 e. The Morgan fingerprint density at radius 1 is 1.25 bits per heavy atom. The molecule has 20 heavy (non-hydrogen) atoms. The third-order valence-corrected chi connectivity index (χ3v) is 3.92. The molecule has 1 saturated heterocycles. The van der Waals surface area contributed by atoms with Crippen molar-refractivity contribution in [2.75, 3.05) is 13.1 Å². The molecule has 0 radical (unpaired) electrons. The highest BCUT2D eigenvalue weighted by Gasteiger charge is 2.31. The highest BCUT2D eigenvalue weighted by atomic mass is 16.6. The van der Waals surface area contributed by atoms with Crippen molar-refractivity contribution in [3.05, 3.63) is 0 Å². The summed E-state index contributed by atoms with van der Waals surface area (Å²) < 4.78 is 5.25. The van der Waals surface area contributed by atoms with Crippen molar-refractivity contribution in [1.82, 2.24) is 16.0 Å². The van der Waals surface area contributed by atoms with Crippen molar-refractivity contribution in [3.8, 4) is 0 Å². The van der Waals surface area contributed by atoms with E-state index in [1.165, 1.54) is 19.3 Å². The van der Waals surface area contributed by atoms with Gasteiger partial charge in [0.15, 0.2) is 0 Å². The number of carbonyl (C=O) groups is 1. The van der Waals surface area contributed by atoms with E-state index in [2.05, 4.69) is 16.0 Å². The Kier molecular flexibility index (Phi) is 5.27. The summed E-state index contributed by atoms with van der Waals surface area (Å²) in [6, 6.07) is 1.43. The maximum Gasteiger partial charge on any atom is 0.407 e. The first kappa shape index (κ1) is 15.6. The van der Waals surface area contributed by atoms with Crippen LogP contribution in [0.3, 0.4) is 0 Å². The molecular weight excluding hydrogens is 254 g/mol. The highest BCUT2D eigenvalue weighted by Crippen LogP contribution is 2.21. The van der Waals surface area contributed by atoms with E-state index in [-0.39, 0.29) is 12.1 Å². The normalized spacial score (nSPS) is 30.4. The predicted octanol–water partition coefficient (Wildman–Crippen LogP) is 1.77. The first-order valence-electron chi connectivity index (χ1n) is 7.88. The van der Waals surface area contributed by atoms with Crippen molar-refractivity contribution < 1.29 is 9.53 Å². The summed E-state index contributed by atoms with van der Waals surface area (Å²) in [5, 5.41) is 10.0. The zero-order valence-electron chi connectivity index (χ0n) is 13.0. The lowest BCUT2D eigenvalue weighted by Gasteiger charge is -2.38. The fourth-order valence-electron chi connectivity index (χ4n) is 2.78. The van der Waals surface area contributed by atoms with Gasteiger partial charge in [-0.1, -0.05) is 6.42 Å². The zero-order chi connectivity index (χ0) is 14.6. The molecule has 1 saturated carbocycles. The van der Waals surface area contributed by atoms with E-state index < -0.39 is 5.60 Å². The Hall–Kier alpha value is -0.810. The van der Waals surface area contributed by atoms with E-state index >= 15 is 0 Å². The molecule has 0 aromatic rings. The Bertz CT molecular complexity index is 316. The molecule has 116 valence electrons. The van der Waals surface area contributed by atoms with Crippen LogP contribution in [-0.2, 0) is 4.74 Å². The van der Waals surface area contributed by atoms with Crippen LogP contribution in [0.2, 0.25) is 0 Å². The third kappa shape index (κ3) is 5.29. The van der Waals surface area contributed by atoms with Gasteiger partial charge in [0.25, 0.3) is 0 Å². The molecule has 1 atom stereocenters. The molecule has 0 aromatic heterocycles. The van der Waals surface area contributed by atoms with Gasteiger partial charge >= 0.3 is 6.09 Å². The molecule has 0 aromatic carbocycles. The van der Waals surface area contributed by atoms with E-state index in [0.717, 1.165) is 25.9 Å². The number of nitrogens with one attached hydrogen (secondary N) is 3. The third-order valence-electron chi connectivity index (χ3n) is 3.92. The number of rotatable bonds is 4. The van der Waals surface area contributed by atoms with Gasteiger partial charge in [-0.3, -0.25) is 0 Å². The van der Waals surface area contributed by atoms with Gasteiger partial charge in [0.2, 0.25) is 0 Å². The van der Waals surface area contributed by atoms with Gasteiger partial charge in [-0.2, -0.15) is 0 Å². The maximum absolute atomic E-state index is 11.6. The van der Waals surface area contributed by atoms with Crippen LogP contribution in [0.4, 0.5) is 4.79 Å². The van der Waals surface area contributed by atoms with E-state index in [0.29, 0.717) is 12.1 Å². The minimum atomic E-state index is -0.419. The van der Waals surface area contributed by atoms with Crippen molar-refractivity contribution >= 4 is 6.09 Å². The molecule has 1 aliphatic heterocycles. The van der Waals surface area contributed by atoms with Gasteiger partial charge < -0.3 is 20.7 Å². The zero-order valence-corrected chi connectivity index (χ0v) is 13.0. The number of hydrogen-bond donors (Lipinski definition) is 3. The SMILES string of the molecule is CC(C)(C)OC(=O)NC1CC(NCC2CCCCN2)C1. The summed E-state index contributed by atoms with van der Waals surface area (Å²) in [5.41, 5.74) is -0.419. The Balaban J connectivity index is 1.54. The number of ether oxygens (including phenoxy) is 1. The molecule has 5 heteroatoms. The first-order valence-corrected chi connectivity index (χ1v) is 7.88. The molecule has 0 bridgehead atoms. The summed E-state index contributed by atoms with van der Waals surface area (Å²) in [7, 11) is 0. The molecule has 3 N–H and O–H groups in total. The van der Waals surface area contributed by atoms with Crippen LogP contribution in [-0.4, -0.2) is 42.9 Å². The Morgan fingerprint density at radius 3 is 2.60 bits per heavy atom. The summed E-state index contributed by atoms with van der Waals surface area (Å²) in [4.78, 5) is 11.6. The molecular formula is C15H29N3O2. The maximum atomic E-state index is 11.6. The molecule has 1 heterocycles. The van der Waals surface area contributed by atoms with Crippen LogP contribution in [0, 0.1) is 0 Å². The average molecular weight is 283 g/mol. The van der Waals surface area contributed by atoms with E-state index in [4.69, 9.17) is 4.74 Å². The number of carbonyl (C=O) groups excluding carboxylic acids is 1. The second-order valence-corrected chi connectivity index (χ2v) is 7.07. The fourth-order valence-corrected chi connectivity index (χ4v) is 2.78. The molecule has 2 fully saturated rings. The monoisotopic (exact) mass is 283 g/mol. The topological polar surface area (TPSA) is 62.4 Å². The van der Waals surface area contributed by atoms with E-state index in [9.17, 15) is 4.79 Å². The van der Waals surface area contributed by atoms with Crippen LogP contribution < -0.4 is 16.0 Å². The fraction of sp³-hybridized carbons (Fsp3) is 0.933. The van der Waals surface area contributed by atoms with Crippen LogP contribution in [0.5, 0.6) is 0 Å². The van der Waals surface area contributed by atoms with Crippen molar-refractivity contribution in [1.29, 1.82) is 0 Å². The Morgan fingerprint density at radius 2 is 2.00 bits per heavy atom. The van der Waals surface area contributed by atoms with Gasteiger partial charge in [-0.25, -0.2) is 4.79 Å². The van der Waals surface area contributed by atoms with Crippen molar-refractivity contribution in [3.63, 3.8) is 0 Å². The van der Waals surface area contributed by atoms with Gasteiger partial charge in [0.05, 0.1) is 0 Å². The quantitative estimate of drug-likeness (QED) is 0.736. The lowest BCUT2D eigenvalue weighted by molar-refractivity contribution is 0.0464. The molecule has 1 amide bonds. The number of alkyl carbamates (subject to hydrolysis) is 1. The smallest absolute Gasteiger partial charge is 0.407 e. The molecule has 0 spiro atoms. The summed E-state index contributed by atoms with van der Waals surface area (Å²) >= 11 is 0. The molecule has 2 rings (SSSR count). The average Bonchev–Trinajstić information content (AvgIpc) is 2.31. The minimum absolute atomic E-state index is 0.265. The Labute approximate surface area is 122 Å². The molecule has 2 aliphatic rings. The van der Waals surface area contributed by atoms with Gasteiger partial charge in [-0.05, 0) is 53.0 Å². The van der Waals surface area contributed by atoms with Gasteiger partial charge in [0.1, 0.15) is 5.60 Å². The number of piperidine rings is 1. The number of amides is 1. The largest absolute Gasteiger partial charge is 0.444 e. The lowest BCUT2D eigenvalue weighted by Crippen LogP contribution is -2.55. The second kappa shape index (κ2) is 6.76. The molecule has 1 unspecified atom stereocenters. The number of hydrogen-bond acceptors (Lipinski definition) is 4. The van der Waals surface area contributed by atoms with Gasteiger partial charge in [-0.15, -0.1) is 0 Å². The van der Waals surface area contributed by atoms with Gasteiger partial charge in [0, 0.05) is 24.7 Å². The van der Waals surface area contributed by atoms with E-state index in [1.807, 2.05) is 20.8 Å². The summed E-state index contributed by atoms with van der Waals surface area (Å²) in [6.45, 7) is 7.85. The standard InChI is InChI=1S/C15H29N3O2/c1-15(2,3)20-14(19)18-13-8-12(9-13)17-10-11-6-4-5-7-16-11/h11-13,16-17H,4-10H2,1-3H3,(H,18,19). The molecule has 5 nitrogen and oxygen atoms in total. The van der Waals surface area contributed by atoms with E-state index in [1.54, 1.807) is 0 Å². The van der Waals surface area contributed by atoms with Crippen LogP contribution in [0.15, 0.2) is 0 Å². The van der Waals surface area contributed by atoms with Crippen LogP contribution >= 0.6 is 0 Å². The predicted molar refractivity (Wildman–Crippen MR) is 79.8 cm³/mol. The first-order chi connectivity index (χ1) is 9.42.